The predicted molar refractivity (Wildman–Crippen MR) is 43.7 cm³/mol. The summed E-state index contributed by atoms with van der Waals surface area (Å²) in [6, 6.07) is 0. The highest BCUT2D eigenvalue weighted by Crippen LogP contribution is 2.23. The molecule has 0 aromatic carbocycles. The number of carbonyl (C=O) groups is 2. The first-order chi connectivity index (χ1) is 5.46. The van der Waals surface area contributed by atoms with Crippen molar-refractivity contribution in [3.63, 3.8) is 0 Å². The van der Waals surface area contributed by atoms with E-state index in [4.69, 9.17) is 0 Å². The van der Waals surface area contributed by atoms with E-state index < -0.39 is 11.6 Å². The van der Waals surface area contributed by atoms with Gasteiger partial charge < -0.3 is 5.11 Å². The van der Waals surface area contributed by atoms with Crippen molar-refractivity contribution in [1.29, 1.82) is 0 Å². The van der Waals surface area contributed by atoms with Gasteiger partial charge in [-0.1, -0.05) is 0 Å². The second kappa shape index (κ2) is 2.59. The molecule has 12 heavy (non-hydrogen) atoms. The molecule has 0 spiro atoms. The molecule has 1 rings (SSSR count). The number of aliphatic hydroxyl groups is 1. The molecule has 3 heteroatoms. The van der Waals surface area contributed by atoms with Gasteiger partial charge in [-0.2, -0.15) is 0 Å². The minimum Gasteiger partial charge on any atom is -0.507 e. The predicted octanol–water partition coefficient (Wildman–Crippen LogP) is 1.31. The van der Waals surface area contributed by atoms with Crippen LogP contribution in [0.1, 0.15) is 20.8 Å². The van der Waals surface area contributed by atoms with Gasteiger partial charge in [-0.05, 0) is 26.3 Å². The van der Waals surface area contributed by atoms with Crippen molar-refractivity contribution in [2.45, 2.75) is 20.8 Å². The first-order valence-corrected chi connectivity index (χ1v) is 3.63. The maximum Gasteiger partial charge on any atom is 0.232 e. The molecular formula is C9H10O3. The van der Waals surface area contributed by atoms with Gasteiger partial charge in [-0.25, -0.2) is 0 Å². The van der Waals surface area contributed by atoms with Crippen molar-refractivity contribution in [3.8, 4) is 0 Å². The second-order valence-corrected chi connectivity index (χ2v) is 2.88. The normalized spacial score (nSPS) is 19.2. The summed E-state index contributed by atoms with van der Waals surface area (Å²) < 4.78 is 0. The molecule has 0 fully saturated rings. The molecule has 64 valence electrons. The summed E-state index contributed by atoms with van der Waals surface area (Å²) in [7, 11) is 0. The van der Waals surface area contributed by atoms with Crippen molar-refractivity contribution in [3.05, 3.63) is 22.5 Å². The fourth-order valence-electron chi connectivity index (χ4n) is 1.08. The van der Waals surface area contributed by atoms with Gasteiger partial charge in [0.25, 0.3) is 0 Å². The largest absolute Gasteiger partial charge is 0.507 e. The summed E-state index contributed by atoms with van der Waals surface area (Å²) in [5, 5.41) is 9.35. The Morgan fingerprint density at radius 1 is 0.833 bits per heavy atom. The minimum absolute atomic E-state index is 0.0582. The maximum absolute atomic E-state index is 11.1. The summed E-state index contributed by atoms with van der Waals surface area (Å²) in [4.78, 5) is 22.2. The number of hydrogen-bond acceptors (Lipinski definition) is 3. The lowest BCUT2D eigenvalue weighted by atomic mass is 9.91. The van der Waals surface area contributed by atoms with E-state index in [1.165, 1.54) is 13.8 Å². The molecule has 0 aromatic heterocycles. The van der Waals surface area contributed by atoms with Crippen LogP contribution < -0.4 is 0 Å². The number of aliphatic hydroxyl groups excluding tert-OH is 1. The molecule has 1 aliphatic carbocycles. The molecule has 0 bridgehead atoms. The third kappa shape index (κ3) is 0.978. The molecule has 0 atom stereocenters. The van der Waals surface area contributed by atoms with E-state index in [-0.39, 0.29) is 11.3 Å². The van der Waals surface area contributed by atoms with Crippen LogP contribution in [0.3, 0.4) is 0 Å². The second-order valence-electron chi connectivity index (χ2n) is 2.88. The van der Waals surface area contributed by atoms with Gasteiger partial charge in [-0.15, -0.1) is 0 Å². The molecule has 1 N–H and O–H groups in total. The Morgan fingerprint density at radius 2 is 1.25 bits per heavy atom. The smallest absolute Gasteiger partial charge is 0.232 e. The van der Waals surface area contributed by atoms with Crippen LogP contribution in [0.4, 0.5) is 0 Å². The van der Waals surface area contributed by atoms with Gasteiger partial charge in [0.05, 0.1) is 0 Å². The van der Waals surface area contributed by atoms with Crippen LogP contribution in [0, 0.1) is 0 Å². The zero-order chi connectivity index (χ0) is 9.46. The van der Waals surface area contributed by atoms with Crippen molar-refractivity contribution in [1.82, 2.24) is 0 Å². The summed E-state index contributed by atoms with van der Waals surface area (Å²) in [5.41, 5.74) is 0.975. The number of rotatable bonds is 0. The number of Topliss-reactive ketones (excluding diaryl/α,β-unsaturated/α-hetero) is 2. The highest BCUT2D eigenvalue weighted by atomic mass is 16.3. The van der Waals surface area contributed by atoms with Crippen LogP contribution in [-0.4, -0.2) is 16.7 Å². The third-order valence-electron chi connectivity index (χ3n) is 2.16. The van der Waals surface area contributed by atoms with Gasteiger partial charge in [0.1, 0.15) is 5.76 Å². The molecule has 3 nitrogen and oxygen atoms in total. The summed E-state index contributed by atoms with van der Waals surface area (Å²) in [5.74, 6) is -1.17. The van der Waals surface area contributed by atoms with Gasteiger partial charge >= 0.3 is 0 Å². The topological polar surface area (TPSA) is 54.4 Å². The van der Waals surface area contributed by atoms with Crippen molar-refractivity contribution < 1.29 is 14.7 Å². The molecule has 0 saturated heterocycles. The zero-order valence-corrected chi connectivity index (χ0v) is 7.26. The molecule has 1 aliphatic rings. The van der Waals surface area contributed by atoms with E-state index in [2.05, 4.69) is 0 Å². The van der Waals surface area contributed by atoms with Crippen LogP contribution in [0.25, 0.3) is 0 Å². The van der Waals surface area contributed by atoms with E-state index in [0.29, 0.717) is 11.1 Å². The summed E-state index contributed by atoms with van der Waals surface area (Å²) in [6.07, 6.45) is 0. The van der Waals surface area contributed by atoms with E-state index in [1.54, 1.807) is 6.92 Å². The Labute approximate surface area is 70.4 Å². The van der Waals surface area contributed by atoms with Crippen LogP contribution in [0.5, 0.6) is 0 Å². The quantitative estimate of drug-likeness (QED) is 0.436. The van der Waals surface area contributed by atoms with Gasteiger partial charge in [0, 0.05) is 11.1 Å². The number of carbonyl (C=O) groups excluding carboxylic acids is 2. The monoisotopic (exact) mass is 166 g/mol. The molecule has 0 aromatic rings. The molecule has 0 radical (unpaired) electrons. The SMILES string of the molecule is CC1=C(C)C(O)=C(C)C(=O)C1=O. The number of ketones is 2. The first-order valence-electron chi connectivity index (χ1n) is 3.63. The van der Waals surface area contributed by atoms with Crippen molar-refractivity contribution in [2.24, 2.45) is 0 Å². The van der Waals surface area contributed by atoms with Crippen molar-refractivity contribution in [2.75, 3.05) is 0 Å². The standard InChI is InChI=1S/C9H10O3/c1-4-5(2)8(11)9(12)6(3)7(4)10/h10H,1-3H3. The van der Waals surface area contributed by atoms with Crippen molar-refractivity contribution >= 4 is 11.6 Å². The highest BCUT2D eigenvalue weighted by Gasteiger charge is 2.27. The molecule has 0 amide bonds. The van der Waals surface area contributed by atoms with Crippen LogP contribution in [0.15, 0.2) is 22.5 Å². The first kappa shape index (κ1) is 8.71. The Kier molecular flexibility index (Phi) is 1.88. The minimum atomic E-state index is -0.601. The molecule has 0 saturated carbocycles. The lowest BCUT2D eigenvalue weighted by Crippen LogP contribution is -2.23. The van der Waals surface area contributed by atoms with Crippen LogP contribution in [-0.2, 0) is 9.59 Å². The fraction of sp³-hybridized carbons (Fsp3) is 0.333. The lowest BCUT2D eigenvalue weighted by Gasteiger charge is -2.13. The average molecular weight is 166 g/mol. The fourth-order valence-corrected chi connectivity index (χ4v) is 1.08. The molecule has 0 heterocycles. The number of hydrogen-bond donors (Lipinski definition) is 1. The summed E-state index contributed by atoms with van der Waals surface area (Å²) in [6.45, 7) is 4.61. The molecule has 0 unspecified atom stereocenters. The van der Waals surface area contributed by atoms with Crippen LogP contribution >= 0.6 is 0 Å². The molecule has 0 aliphatic heterocycles. The third-order valence-corrected chi connectivity index (χ3v) is 2.16. The number of allylic oxidation sites excluding steroid dienone is 3. The zero-order valence-electron chi connectivity index (χ0n) is 7.26. The van der Waals surface area contributed by atoms with Crippen LogP contribution in [0.2, 0.25) is 0 Å². The van der Waals surface area contributed by atoms with E-state index in [0.717, 1.165) is 0 Å². The lowest BCUT2D eigenvalue weighted by molar-refractivity contribution is -0.132. The maximum atomic E-state index is 11.1. The average Bonchev–Trinajstić information content (AvgIpc) is 2.08. The van der Waals surface area contributed by atoms with E-state index >= 15 is 0 Å². The van der Waals surface area contributed by atoms with Gasteiger partial charge in [0.2, 0.25) is 11.6 Å². The Balaban J connectivity index is 3.37. The Bertz CT molecular complexity index is 282. The Morgan fingerprint density at radius 3 is 1.75 bits per heavy atom. The van der Waals surface area contributed by atoms with E-state index in [9.17, 15) is 14.7 Å². The van der Waals surface area contributed by atoms with Gasteiger partial charge in [-0.3, -0.25) is 9.59 Å². The molecular weight excluding hydrogens is 156 g/mol. The van der Waals surface area contributed by atoms with E-state index in [1.807, 2.05) is 0 Å². The summed E-state index contributed by atoms with van der Waals surface area (Å²) >= 11 is 0. The Hall–Kier alpha value is -1.38. The highest BCUT2D eigenvalue weighted by molar-refractivity contribution is 6.50. The van der Waals surface area contributed by atoms with Gasteiger partial charge in [0.15, 0.2) is 0 Å².